The fourth-order valence-corrected chi connectivity index (χ4v) is 3.34. The van der Waals surface area contributed by atoms with Crippen LogP contribution in [0.15, 0.2) is 121 Å². The number of anilines is 3. The summed E-state index contributed by atoms with van der Waals surface area (Å²) < 4.78 is 5.37. The second-order valence-corrected chi connectivity index (χ2v) is 7.25. The summed E-state index contributed by atoms with van der Waals surface area (Å²) in [6.07, 6.45) is 0. The summed E-state index contributed by atoms with van der Waals surface area (Å²) in [6, 6.07) is 36.4. The molecule has 0 aromatic heterocycles. The van der Waals surface area contributed by atoms with Crippen LogP contribution in [-0.2, 0) is 4.79 Å². The van der Waals surface area contributed by atoms with Crippen LogP contribution in [0.25, 0.3) is 11.1 Å². The summed E-state index contributed by atoms with van der Waals surface area (Å²) in [5.74, 6) is 0.0821. The van der Waals surface area contributed by atoms with Gasteiger partial charge in [0.15, 0.2) is 0 Å². The Hall–Kier alpha value is -4.11. The number of nitrogens with zero attached hydrogens (tertiary/aromatic N) is 1. The minimum Gasteiger partial charge on any atom is -0.423 e. The van der Waals surface area contributed by atoms with Crippen LogP contribution in [0.5, 0.6) is 5.75 Å². The van der Waals surface area contributed by atoms with E-state index >= 15 is 0 Å². The van der Waals surface area contributed by atoms with Gasteiger partial charge in [0, 0.05) is 22.6 Å². The zero-order valence-corrected chi connectivity index (χ0v) is 17.4. The van der Waals surface area contributed by atoms with E-state index in [0.29, 0.717) is 11.3 Å². The highest BCUT2D eigenvalue weighted by molar-refractivity contribution is 5.89. The first kappa shape index (κ1) is 20.2. The molecule has 4 aromatic carbocycles. The van der Waals surface area contributed by atoms with E-state index in [4.69, 9.17) is 4.74 Å². The third-order valence-electron chi connectivity index (χ3n) is 4.88. The van der Waals surface area contributed by atoms with E-state index in [-0.39, 0.29) is 0 Å². The van der Waals surface area contributed by atoms with Gasteiger partial charge in [-0.2, -0.15) is 0 Å². The van der Waals surface area contributed by atoms with Crippen molar-refractivity contribution < 1.29 is 9.53 Å². The van der Waals surface area contributed by atoms with Crippen LogP contribution in [0.1, 0.15) is 6.92 Å². The minimum atomic E-state index is -0.422. The molecule has 0 spiro atoms. The molecule has 0 atom stereocenters. The Morgan fingerprint density at radius 3 is 1.77 bits per heavy atom. The highest BCUT2D eigenvalue weighted by Crippen LogP contribution is 2.35. The van der Waals surface area contributed by atoms with Gasteiger partial charge in [-0.25, -0.2) is 4.79 Å². The summed E-state index contributed by atoms with van der Waals surface area (Å²) in [5, 5.41) is 0. The molecule has 3 heteroatoms. The molecule has 4 aromatic rings. The van der Waals surface area contributed by atoms with E-state index in [2.05, 4.69) is 60.0 Å². The Kier molecular flexibility index (Phi) is 5.95. The molecule has 152 valence electrons. The molecule has 0 amide bonds. The molecule has 0 aliphatic heterocycles. The van der Waals surface area contributed by atoms with Crippen molar-refractivity contribution in [3.8, 4) is 16.9 Å². The fraction of sp³-hybridized carbons (Fsp3) is 0.0357. The molecule has 0 heterocycles. The van der Waals surface area contributed by atoms with Crippen molar-refractivity contribution >= 4 is 23.0 Å². The SMILES string of the molecule is C=C(C)C(=O)Oc1cccc(-c2ccc(N(c3ccccc3)c3ccccc3)cc2)c1. The Morgan fingerprint density at radius 1 is 0.677 bits per heavy atom. The fourth-order valence-electron chi connectivity index (χ4n) is 3.34. The van der Waals surface area contributed by atoms with E-state index in [1.54, 1.807) is 13.0 Å². The highest BCUT2D eigenvalue weighted by Gasteiger charge is 2.12. The standard InChI is InChI=1S/C28H23NO2/c1-21(2)28(30)31-27-15-9-10-23(20-27)22-16-18-26(19-17-22)29(24-11-5-3-6-12-24)25-13-7-4-8-14-25/h3-20H,1H2,2H3. The molecular formula is C28H23NO2. The number of para-hydroxylation sites is 2. The van der Waals surface area contributed by atoms with Crippen molar-refractivity contribution in [3.05, 3.63) is 121 Å². The number of rotatable bonds is 6. The van der Waals surface area contributed by atoms with Crippen LogP contribution in [0.4, 0.5) is 17.1 Å². The van der Waals surface area contributed by atoms with Crippen molar-refractivity contribution in [3.63, 3.8) is 0 Å². The maximum atomic E-state index is 11.8. The third-order valence-corrected chi connectivity index (χ3v) is 4.88. The van der Waals surface area contributed by atoms with Gasteiger partial charge in [0.25, 0.3) is 0 Å². The van der Waals surface area contributed by atoms with Crippen molar-refractivity contribution in [1.82, 2.24) is 0 Å². The molecule has 0 saturated carbocycles. The summed E-state index contributed by atoms with van der Waals surface area (Å²) >= 11 is 0. The average Bonchev–Trinajstić information content (AvgIpc) is 2.81. The zero-order valence-electron chi connectivity index (χ0n) is 17.4. The van der Waals surface area contributed by atoms with Crippen LogP contribution in [-0.4, -0.2) is 5.97 Å². The van der Waals surface area contributed by atoms with E-state index < -0.39 is 5.97 Å². The number of hydrogen-bond acceptors (Lipinski definition) is 3. The monoisotopic (exact) mass is 405 g/mol. The number of carbonyl (C=O) groups is 1. The van der Waals surface area contributed by atoms with Gasteiger partial charge < -0.3 is 9.64 Å². The third kappa shape index (κ3) is 4.73. The van der Waals surface area contributed by atoms with Crippen LogP contribution in [0.3, 0.4) is 0 Å². The van der Waals surface area contributed by atoms with E-state index in [1.807, 2.05) is 54.6 Å². The smallest absolute Gasteiger partial charge is 0.338 e. The summed E-state index contributed by atoms with van der Waals surface area (Å²) in [6.45, 7) is 5.26. The van der Waals surface area contributed by atoms with E-state index in [1.165, 1.54) is 0 Å². The number of esters is 1. The Balaban J connectivity index is 1.65. The van der Waals surface area contributed by atoms with Crippen LogP contribution in [0, 0.1) is 0 Å². The normalized spacial score (nSPS) is 10.4. The maximum Gasteiger partial charge on any atom is 0.338 e. The van der Waals surface area contributed by atoms with Crippen molar-refractivity contribution in [2.75, 3.05) is 4.90 Å². The summed E-state index contributed by atoms with van der Waals surface area (Å²) in [5.41, 5.74) is 5.63. The van der Waals surface area contributed by atoms with Gasteiger partial charge >= 0.3 is 5.97 Å². The molecule has 0 bridgehead atoms. The van der Waals surface area contributed by atoms with Gasteiger partial charge in [-0.05, 0) is 66.6 Å². The van der Waals surface area contributed by atoms with Gasteiger partial charge in [-0.3, -0.25) is 0 Å². The van der Waals surface area contributed by atoms with Crippen molar-refractivity contribution in [2.45, 2.75) is 6.92 Å². The topological polar surface area (TPSA) is 29.5 Å². The van der Waals surface area contributed by atoms with Gasteiger partial charge in [0.1, 0.15) is 5.75 Å². The van der Waals surface area contributed by atoms with E-state index in [0.717, 1.165) is 28.2 Å². The molecular weight excluding hydrogens is 382 g/mol. The minimum absolute atomic E-state index is 0.372. The molecule has 0 aliphatic carbocycles. The van der Waals surface area contributed by atoms with Crippen LogP contribution in [0.2, 0.25) is 0 Å². The average molecular weight is 405 g/mol. The molecule has 0 unspecified atom stereocenters. The lowest BCUT2D eigenvalue weighted by atomic mass is 10.0. The number of ether oxygens (including phenoxy) is 1. The predicted molar refractivity (Wildman–Crippen MR) is 127 cm³/mol. The first-order valence-corrected chi connectivity index (χ1v) is 10.1. The Morgan fingerprint density at radius 2 is 1.23 bits per heavy atom. The molecule has 31 heavy (non-hydrogen) atoms. The number of hydrogen-bond donors (Lipinski definition) is 0. The molecule has 0 fully saturated rings. The van der Waals surface area contributed by atoms with E-state index in [9.17, 15) is 4.79 Å². The van der Waals surface area contributed by atoms with Gasteiger partial charge in [-0.1, -0.05) is 67.2 Å². The van der Waals surface area contributed by atoms with Crippen LogP contribution >= 0.6 is 0 Å². The zero-order chi connectivity index (χ0) is 21.6. The lowest BCUT2D eigenvalue weighted by molar-refractivity contribution is -0.130. The van der Waals surface area contributed by atoms with Gasteiger partial charge in [-0.15, -0.1) is 0 Å². The maximum absolute atomic E-state index is 11.8. The number of benzene rings is 4. The largest absolute Gasteiger partial charge is 0.423 e. The second kappa shape index (κ2) is 9.14. The molecule has 0 radical (unpaired) electrons. The Labute approximate surface area is 182 Å². The predicted octanol–water partition coefficient (Wildman–Crippen LogP) is 7.30. The lowest BCUT2D eigenvalue weighted by Crippen LogP contribution is -2.09. The lowest BCUT2D eigenvalue weighted by Gasteiger charge is -2.25. The summed E-state index contributed by atoms with van der Waals surface area (Å²) in [7, 11) is 0. The first-order valence-electron chi connectivity index (χ1n) is 10.1. The van der Waals surface area contributed by atoms with Gasteiger partial charge in [0.2, 0.25) is 0 Å². The molecule has 4 rings (SSSR count). The van der Waals surface area contributed by atoms with Gasteiger partial charge in [0.05, 0.1) is 0 Å². The molecule has 0 saturated heterocycles. The molecule has 0 N–H and O–H groups in total. The highest BCUT2D eigenvalue weighted by atomic mass is 16.5. The summed E-state index contributed by atoms with van der Waals surface area (Å²) in [4.78, 5) is 14.0. The Bertz CT molecular complexity index is 1140. The second-order valence-electron chi connectivity index (χ2n) is 7.25. The molecule has 3 nitrogen and oxygen atoms in total. The molecule has 0 aliphatic rings. The quantitative estimate of drug-likeness (QED) is 0.191. The van der Waals surface area contributed by atoms with Crippen molar-refractivity contribution in [1.29, 1.82) is 0 Å². The number of carbonyl (C=O) groups excluding carboxylic acids is 1. The first-order chi connectivity index (χ1) is 15.1. The van der Waals surface area contributed by atoms with Crippen LogP contribution < -0.4 is 9.64 Å². The van der Waals surface area contributed by atoms with Crippen molar-refractivity contribution in [2.24, 2.45) is 0 Å².